The molecule has 0 saturated carbocycles. The smallest absolute Gasteiger partial charge is 0.375 e. The molecule has 0 amide bonds. The number of carbonyl (C=O) groups excluding carboxylic acids is 1. The average Bonchev–Trinajstić information content (AvgIpc) is 2.34. The Hall–Kier alpha value is -1.57. The highest BCUT2D eigenvalue weighted by atomic mass is 32.2. The predicted octanol–water partition coefficient (Wildman–Crippen LogP) is 3.29. The molecule has 8 heteroatoms. The van der Waals surface area contributed by atoms with E-state index in [4.69, 9.17) is 0 Å². The first-order valence-electron chi connectivity index (χ1n) is 5.82. The number of para-hydroxylation sites is 1. The molecule has 0 unspecified atom stereocenters. The van der Waals surface area contributed by atoms with Crippen molar-refractivity contribution < 1.29 is 30.6 Å². The van der Waals surface area contributed by atoms with E-state index in [0.29, 0.717) is 6.42 Å². The molecule has 0 spiro atoms. The van der Waals surface area contributed by atoms with E-state index in [2.05, 4.69) is 4.18 Å². The average molecular weight is 310 g/mol. The number of unbranched alkanes of at least 4 members (excludes halogenated alkanes) is 1. The molecule has 0 aromatic heterocycles. The van der Waals surface area contributed by atoms with E-state index < -0.39 is 27.2 Å². The van der Waals surface area contributed by atoms with Crippen LogP contribution < -0.4 is 4.18 Å². The van der Waals surface area contributed by atoms with E-state index in [1.165, 1.54) is 18.2 Å². The quantitative estimate of drug-likeness (QED) is 0.459. The summed E-state index contributed by atoms with van der Waals surface area (Å²) < 4.78 is 62.7. The SMILES string of the molecule is CCCCC(=O)c1ccccc1OS(=O)(=O)C(F)(F)F. The number of benzene rings is 1. The van der Waals surface area contributed by atoms with E-state index >= 15 is 0 Å². The van der Waals surface area contributed by atoms with E-state index in [1.54, 1.807) is 0 Å². The zero-order valence-electron chi connectivity index (χ0n) is 10.6. The van der Waals surface area contributed by atoms with Crippen LogP contribution in [0.25, 0.3) is 0 Å². The van der Waals surface area contributed by atoms with Crippen LogP contribution in [0.1, 0.15) is 36.5 Å². The third-order valence-corrected chi connectivity index (χ3v) is 3.39. The molecule has 20 heavy (non-hydrogen) atoms. The van der Waals surface area contributed by atoms with Gasteiger partial charge in [0.15, 0.2) is 11.5 Å². The number of hydrogen-bond donors (Lipinski definition) is 0. The van der Waals surface area contributed by atoms with E-state index in [-0.39, 0.29) is 12.0 Å². The molecular weight excluding hydrogens is 297 g/mol. The van der Waals surface area contributed by atoms with Crippen LogP contribution in [-0.2, 0) is 10.1 Å². The highest BCUT2D eigenvalue weighted by molar-refractivity contribution is 7.88. The molecule has 0 aliphatic rings. The number of hydrogen-bond acceptors (Lipinski definition) is 4. The van der Waals surface area contributed by atoms with Gasteiger partial charge in [0, 0.05) is 6.42 Å². The van der Waals surface area contributed by atoms with Crippen LogP contribution in [0, 0.1) is 0 Å². The lowest BCUT2D eigenvalue weighted by Crippen LogP contribution is -2.28. The summed E-state index contributed by atoms with van der Waals surface area (Å²) in [6, 6.07) is 4.96. The van der Waals surface area contributed by atoms with Crippen molar-refractivity contribution in [3.05, 3.63) is 29.8 Å². The number of ketones is 1. The number of alkyl halides is 3. The van der Waals surface area contributed by atoms with Crippen molar-refractivity contribution >= 4 is 15.9 Å². The third-order valence-electron chi connectivity index (χ3n) is 2.43. The third kappa shape index (κ3) is 3.96. The molecule has 112 valence electrons. The van der Waals surface area contributed by atoms with Crippen LogP contribution in [0.15, 0.2) is 24.3 Å². The second-order valence-corrected chi connectivity index (χ2v) is 5.54. The fourth-order valence-corrected chi connectivity index (χ4v) is 1.88. The summed E-state index contributed by atoms with van der Waals surface area (Å²) in [5.74, 6) is -1.06. The Morgan fingerprint density at radius 1 is 1.25 bits per heavy atom. The second-order valence-electron chi connectivity index (χ2n) is 4.01. The van der Waals surface area contributed by atoms with Crippen molar-refractivity contribution in [2.45, 2.75) is 31.7 Å². The topological polar surface area (TPSA) is 60.4 Å². The molecule has 1 rings (SSSR count). The van der Waals surface area contributed by atoms with Gasteiger partial charge in [-0.2, -0.15) is 21.6 Å². The minimum Gasteiger partial charge on any atom is -0.375 e. The first-order chi connectivity index (χ1) is 9.19. The summed E-state index contributed by atoms with van der Waals surface area (Å²) >= 11 is 0. The Balaban J connectivity index is 3.06. The van der Waals surface area contributed by atoms with E-state index in [0.717, 1.165) is 12.5 Å². The van der Waals surface area contributed by atoms with Crippen LogP contribution in [0.4, 0.5) is 13.2 Å². The molecule has 0 heterocycles. The fourth-order valence-electron chi connectivity index (χ4n) is 1.41. The summed E-state index contributed by atoms with van der Waals surface area (Å²) in [4.78, 5) is 11.8. The maximum atomic E-state index is 12.3. The van der Waals surface area contributed by atoms with Gasteiger partial charge >= 0.3 is 15.6 Å². The van der Waals surface area contributed by atoms with Crippen molar-refractivity contribution in [1.82, 2.24) is 0 Å². The van der Waals surface area contributed by atoms with Crippen molar-refractivity contribution in [1.29, 1.82) is 0 Å². The van der Waals surface area contributed by atoms with Crippen LogP contribution in [-0.4, -0.2) is 19.7 Å². The Labute approximate surface area is 114 Å². The van der Waals surface area contributed by atoms with Gasteiger partial charge in [-0.1, -0.05) is 25.5 Å². The first-order valence-corrected chi connectivity index (χ1v) is 7.23. The number of halogens is 3. The molecule has 0 fully saturated rings. The minimum absolute atomic E-state index is 0.114. The lowest BCUT2D eigenvalue weighted by atomic mass is 10.1. The molecule has 0 aliphatic heterocycles. The predicted molar refractivity (Wildman–Crippen MR) is 65.9 cm³/mol. The lowest BCUT2D eigenvalue weighted by molar-refractivity contribution is -0.0500. The number of carbonyl (C=O) groups is 1. The zero-order chi connectivity index (χ0) is 15.4. The molecular formula is C12H13F3O4S. The molecule has 0 bridgehead atoms. The van der Waals surface area contributed by atoms with E-state index in [9.17, 15) is 26.4 Å². The lowest BCUT2D eigenvalue weighted by Gasteiger charge is -2.12. The van der Waals surface area contributed by atoms with Crippen LogP contribution in [0.5, 0.6) is 5.75 Å². The maximum Gasteiger partial charge on any atom is 0.534 e. The van der Waals surface area contributed by atoms with Crippen LogP contribution in [0.3, 0.4) is 0 Å². The van der Waals surface area contributed by atoms with Gasteiger partial charge in [0.1, 0.15) is 0 Å². The monoisotopic (exact) mass is 310 g/mol. The Bertz CT molecular complexity index is 579. The van der Waals surface area contributed by atoms with Crippen molar-refractivity contribution in [2.24, 2.45) is 0 Å². The van der Waals surface area contributed by atoms with Gasteiger partial charge in [-0.25, -0.2) is 0 Å². The van der Waals surface area contributed by atoms with Gasteiger partial charge in [0.2, 0.25) is 0 Å². The van der Waals surface area contributed by atoms with Gasteiger partial charge in [0.05, 0.1) is 5.56 Å². The molecule has 1 aromatic carbocycles. The normalized spacial score (nSPS) is 12.2. The molecule has 0 radical (unpaired) electrons. The van der Waals surface area contributed by atoms with Crippen LogP contribution >= 0.6 is 0 Å². The molecule has 1 aromatic rings. The van der Waals surface area contributed by atoms with Gasteiger partial charge in [-0.3, -0.25) is 4.79 Å². The minimum atomic E-state index is -5.78. The van der Waals surface area contributed by atoms with E-state index in [1.807, 2.05) is 6.92 Å². The molecule has 0 N–H and O–H groups in total. The second kappa shape index (κ2) is 6.25. The summed E-state index contributed by atoms with van der Waals surface area (Å²) in [6.07, 6.45) is 1.40. The molecule has 0 saturated heterocycles. The standard InChI is InChI=1S/C12H13F3O4S/c1-2-3-7-10(16)9-6-4-5-8-11(9)19-20(17,18)12(13,14)15/h4-6,8H,2-3,7H2,1H3. The van der Waals surface area contributed by atoms with Gasteiger partial charge in [-0.05, 0) is 18.6 Å². The highest BCUT2D eigenvalue weighted by Gasteiger charge is 2.48. The van der Waals surface area contributed by atoms with Gasteiger partial charge in [0.25, 0.3) is 0 Å². The maximum absolute atomic E-state index is 12.3. The van der Waals surface area contributed by atoms with Crippen molar-refractivity contribution in [3.8, 4) is 5.75 Å². The molecule has 0 aliphatic carbocycles. The fraction of sp³-hybridized carbons (Fsp3) is 0.417. The highest BCUT2D eigenvalue weighted by Crippen LogP contribution is 2.29. The molecule has 4 nitrogen and oxygen atoms in total. The van der Waals surface area contributed by atoms with Crippen molar-refractivity contribution in [2.75, 3.05) is 0 Å². The summed E-state index contributed by atoms with van der Waals surface area (Å²) in [6.45, 7) is 1.85. The number of Topliss-reactive ketones (excluding diaryl/α,β-unsaturated/α-hetero) is 1. The summed E-state index contributed by atoms with van der Waals surface area (Å²) in [7, 11) is -5.78. The molecule has 0 atom stereocenters. The zero-order valence-corrected chi connectivity index (χ0v) is 11.4. The van der Waals surface area contributed by atoms with Gasteiger partial charge in [-0.15, -0.1) is 0 Å². The Kier molecular flexibility index (Phi) is 5.15. The van der Waals surface area contributed by atoms with Crippen LogP contribution in [0.2, 0.25) is 0 Å². The Morgan fingerprint density at radius 2 is 1.85 bits per heavy atom. The first kappa shape index (κ1) is 16.5. The summed E-state index contributed by atoms with van der Waals surface area (Å²) in [5.41, 5.74) is -5.71. The van der Waals surface area contributed by atoms with Gasteiger partial charge < -0.3 is 4.18 Å². The number of rotatable bonds is 6. The Morgan fingerprint density at radius 3 is 2.40 bits per heavy atom. The van der Waals surface area contributed by atoms with Crippen molar-refractivity contribution in [3.63, 3.8) is 0 Å². The largest absolute Gasteiger partial charge is 0.534 e. The summed E-state index contributed by atoms with van der Waals surface area (Å²) in [5, 5.41) is 0.